The number of carbonyl (C=O) groups is 1. The Morgan fingerprint density at radius 3 is 2.76 bits per heavy atom. The van der Waals surface area contributed by atoms with Crippen molar-refractivity contribution in [2.45, 2.75) is 26.7 Å². The van der Waals surface area contributed by atoms with Gasteiger partial charge in [0.15, 0.2) is 0 Å². The van der Waals surface area contributed by atoms with Gasteiger partial charge in [-0.2, -0.15) is 0 Å². The minimum Gasteiger partial charge on any atom is -0.392 e. The Kier molecular flexibility index (Phi) is 5.43. The zero-order valence-electron chi connectivity index (χ0n) is 9.97. The molecule has 0 aliphatic rings. The smallest absolute Gasteiger partial charge is 0.267 e. The van der Waals surface area contributed by atoms with Crippen molar-refractivity contribution in [3.05, 3.63) is 10.6 Å². The molecule has 0 spiro atoms. The van der Waals surface area contributed by atoms with E-state index in [2.05, 4.69) is 9.59 Å². The first-order valence-electron chi connectivity index (χ1n) is 5.48. The summed E-state index contributed by atoms with van der Waals surface area (Å²) in [5.74, 6) is -0.0773. The van der Waals surface area contributed by atoms with Gasteiger partial charge >= 0.3 is 0 Å². The zero-order chi connectivity index (χ0) is 12.8. The van der Waals surface area contributed by atoms with E-state index in [0.29, 0.717) is 29.4 Å². The summed E-state index contributed by atoms with van der Waals surface area (Å²) in [4.78, 5) is 14.8. The third-order valence-corrected chi connectivity index (χ3v) is 3.10. The third-order valence-electron chi connectivity index (χ3n) is 2.21. The fourth-order valence-corrected chi connectivity index (χ4v) is 2.33. The number of nitrogens with two attached hydrogens (primary N) is 1. The van der Waals surface area contributed by atoms with Crippen LogP contribution in [-0.4, -0.2) is 38.5 Å². The van der Waals surface area contributed by atoms with E-state index >= 15 is 0 Å². The van der Waals surface area contributed by atoms with E-state index in [4.69, 9.17) is 18.0 Å². The Hall–Kier alpha value is -1.08. The molecule has 94 valence electrons. The van der Waals surface area contributed by atoms with Gasteiger partial charge in [-0.3, -0.25) is 4.79 Å². The molecule has 0 radical (unpaired) electrons. The van der Waals surface area contributed by atoms with E-state index in [1.165, 1.54) is 0 Å². The van der Waals surface area contributed by atoms with Crippen LogP contribution in [0.3, 0.4) is 0 Å². The summed E-state index contributed by atoms with van der Waals surface area (Å²) in [6, 6.07) is 0. The molecular weight excluding hydrogens is 256 g/mol. The van der Waals surface area contributed by atoms with Gasteiger partial charge in [-0.1, -0.05) is 30.6 Å². The fraction of sp³-hybridized carbons (Fsp3) is 0.600. The van der Waals surface area contributed by atoms with Crippen molar-refractivity contribution in [2.75, 3.05) is 13.1 Å². The Bertz CT molecular complexity index is 405. The predicted octanol–water partition coefficient (Wildman–Crippen LogP) is 1.24. The van der Waals surface area contributed by atoms with Crippen LogP contribution < -0.4 is 5.73 Å². The van der Waals surface area contributed by atoms with Gasteiger partial charge in [-0.05, 0) is 24.4 Å². The summed E-state index contributed by atoms with van der Waals surface area (Å²) in [5.41, 5.74) is 6.23. The number of nitrogens with zero attached hydrogens (tertiary/aromatic N) is 3. The van der Waals surface area contributed by atoms with E-state index in [-0.39, 0.29) is 5.91 Å². The second kappa shape index (κ2) is 6.61. The third kappa shape index (κ3) is 3.71. The molecule has 0 atom stereocenters. The summed E-state index contributed by atoms with van der Waals surface area (Å²) in [6.07, 6.45) is 1.56. The van der Waals surface area contributed by atoms with E-state index in [9.17, 15) is 4.79 Å². The van der Waals surface area contributed by atoms with Gasteiger partial charge in [-0.15, -0.1) is 5.10 Å². The molecule has 0 saturated carbocycles. The second-order valence-electron chi connectivity index (χ2n) is 3.60. The van der Waals surface area contributed by atoms with Gasteiger partial charge in [0.2, 0.25) is 0 Å². The first kappa shape index (κ1) is 14.0. The summed E-state index contributed by atoms with van der Waals surface area (Å²) in [5, 5.41) is 3.93. The predicted molar refractivity (Wildman–Crippen MR) is 72.3 cm³/mol. The molecule has 1 heterocycles. The van der Waals surface area contributed by atoms with Crippen LogP contribution in [-0.2, 0) is 6.42 Å². The summed E-state index contributed by atoms with van der Waals surface area (Å²) < 4.78 is 3.82. The maximum atomic E-state index is 12.3. The van der Waals surface area contributed by atoms with Gasteiger partial charge in [0, 0.05) is 6.54 Å². The number of aryl methyl sites for hydroxylation is 1. The summed E-state index contributed by atoms with van der Waals surface area (Å²) >= 11 is 5.98. The van der Waals surface area contributed by atoms with Gasteiger partial charge in [0.25, 0.3) is 5.91 Å². The zero-order valence-corrected chi connectivity index (χ0v) is 11.6. The van der Waals surface area contributed by atoms with Crippen molar-refractivity contribution < 1.29 is 4.79 Å². The molecule has 0 aromatic carbocycles. The number of carbonyl (C=O) groups excluding carboxylic acids is 1. The highest BCUT2D eigenvalue weighted by atomic mass is 32.1. The molecule has 1 amide bonds. The molecular formula is C10H16N4OS2. The molecule has 0 aliphatic heterocycles. The van der Waals surface area contributed by atoms with E-state index in [1.54, 1.807) is 4.90 Å². The second-order valence-corrected chi connectivity index (χ2v) is 4.87. The molecule has 1 aromatic rings. The average molecular weight is 272 g/mol. The minimum atomic E-state index is -0.0773. The lowest BCUT2D eigenvalue weighted by Crippen LogP contribution is -2.38. The van der Waals surface area contributed by atoms with E-state index in [1.807, 2.05) is 13.8 Å². The topological polar surface area (TPSA) is 72.1 Å². The van der Waals surface area contributed by atoms with Crippen molar-refractivity contribution in [3.63, 3.8) is 0 Å². The lowest BCUT2D eigenvalue weighted by Gasteiger charge is -2.20. The van der Waals surface area contributed by atoms with Crippen molar-refractivity contribution >= 4 is 34.6 Å². The molecule has 0 unspecified atom stereocenters. The summed E-state index contributed by atoms with van der Waals surface area (Å²) in [7, 11) is 0. The average Bonchev–Trinajstić information content (AvgIpc) is 2.74. The number of thiocarbonyl (C=S) groups is 1. The van der Waals surface area contributed by atoms with Crippen LogP contribution in [0.4, 0.5) is 0 Å². The highest BCUT2D eigenvalue weighted by molar-refractivity contribution is 7.80. The van der Waals surface area contributed by atoms with Gasteiger partial charge in [0.1, 0.15) is 4.88 Å². The monoisotopic (exact) mass is 272 g/mol. The van der Waals surface area contributed by atoms with Crippen LogP contribution in [0.15, 0.2) is 0 Å². The van der Waals surface area contributed by atoms with Crippen LogP contribution in [0, 0.1) is 0 Å². The molecule has 0 aliphatic carbocycles. The lowest BCUT2D eigenvalue weighted by atomic mass is 10.2. The van der Waals surface area contributed by atoms with Gasteiger partial charge in [-0.25, -0.2) is 0 Å². The summed E-state index contributed by atoms with van der Waals surface area (Å²) in [6.45, 7) is 4.90. The first-order chi connectivity index (χ1) is 8.10. The van der Waals surface area contributed by atoms with Crippen molar-refractivity contribution in [1.82, 2.24) is 14.5 Å². The molecule has 17 heavy (non-hydrogen) atoms. The standard InChI is InChI=1S/C10H16N4OS2/c1-3-5-14(6-8(11)16)10(15)9-7(4-2)12-13-17-9/h3-6H2,1-2H3,(H2,11,16). The van der Waals surface area contributed by atoms with Crippen LogP contribution in [0.5, 0.6) is 0 Å². The van der Waals surface area contributed by atoms with Crippen molar-refractivity contribution in [3.8, 4) is 0 Å². The maximum Gasteiger partial charge on any atom is 0.267 e. The molecule has 2 N–H and O–H groups in total. The molecule has 0 fully saturated rings. The number of rotatable bonds is 6. The maximum absolute atomic E-state index is 12.3. The largest absolute Gasteiger partial charge is 0.392 e. The number of hydrogen-bond donors (Lipinski definition) is 1. The molecule has 0 bridgehead atoms. The molecule has 0 saturated heterocycles. The minimum absolute atomic E-state index is 0.0773. The Balaban J connectivity index is 2.87. The normalized spacial score (nSPS) is 10.2. The van der Waals surface area contributed by atoms with Crippen LogP contribution >= 0.6 is 23.8 Å². The number of aromatic nitrogens is 2. The van der Waals surface area contributed by atoms with Crippen LogP contribution in [0.25, 0.3) is 0 Å². The Morgan fingerprint density at radius 2 is 2.24 bits per heavy atom. The molecule has 1 aromatic heterocycles. The molecule has 7 heteroatoms. The molecule has 1 rings (SSSR count). The quantitative estimate of drug-likeness (QED) is 0.789. The highest BCUT2D eigenvalue weighted by Gasteiger charge is 2.21. The van der Waals surface area contributed by atoms with Crippen molar-refractivity contribution in [1.29, 1.82) is 0 Å². The van der Waals surface area contributed by atoms with Crippen molar-refractivity contribution in [2.24, 2.45) is 5.73 Å². The van der Waals surface area contributed by atoms with E-state index < -0.39 is 0 Å². The first-order valence-corrected chi connectivity index (χ1v) is 6.67. The van der Waals surface area contributed by atoms with E-state index in [0.717, 1.165) is 23.6 Å². The Labute approximate surface area is 110 Å². The van der Waals surface area contributed by atoms with Gasteiger partial charge in [0.05, 0.1) is 17.2 Å². The lowest BCUT2D eigenvalue weighted by molar-refractivity contribution is 0.0783. The molecule has 5 nitrogen and oxygen atoms in total. The van der Waals surface area contributed by atoms with Crippen LogP contribution in [0.1, 0.15) is 35.6 Å². The van der Waals surface area contributed by atoms with Crippen LogP contribution in [0.2, 0.25) is 0 Å². The van der Waals surface area contributed by atoms with Gasteiger partial charge < -0.3 is 10.6 Å². The number of hydrogen-bond acceptors (Lipinski definition) is 5. The fourth-order valence-electron chi connectivity index (χ4n) is 1.46. The Morgan fingerprint density at radius 1 is 1.53 bits per heavy atom. The SMILES string of the molecule is CCCN(CC(N)=S)C(=O)c1snnc1CC. The highest BCUT2D eigenvalue weighted by Crippen LogP contribution is 2.14. The number of amides is 1.